The van der Waals surface area contributed by atoms with E-state index in [-0.39, 0.29) is 6.17 Å². The summed E-state index contributed by atoms with van der Waals surface area (Å²) in [6.45, 7) is 17.9. The summed E-state index contributed by atoms with van der Waals surface area (Å²) in [6, 6.07) is 44.5. The van der Waals surface area contributed by atoms with E-state index in [0.29, 0.717) is 0 Å². The molecule has 4 N–H and O–H groups in total. The van der Waals surface area contributed by atoms with Crippen LogP contribution >= 0.6 is 0 Å². The van der Waals surface area contributed by atoms with Crippen LogP contribution in [0, 0.1) is 13.8 Å². The van der Waals surface area contributed by atoms with Crippen molar-refractivity contribution in [3.63, 3.8) is 0 Å². The van der Waals surface area contributed by atoms with Gasteiger partial charge in [0.15, 0.2) is 0 Å². The van der Waals surface area contributed by atoms with Gasteiger partial charge in [0.2, 0.25) is 0 Å². The van der Waals surface area contributed by atoms with Crippen LogP contribution in [0.15, 0.2) is 202 Å². The average Bonchev–Trinajstić information content (AvgIpc) is 3.17. The Balaban J connectivity index is 0.000000234. The summed E-state index contributed by atoms with van der Waals surface area (Å²) in [5, 5.41) is 0. The van der Waals surface area contributed by atoms with Gasteiger partial charge in [-0.25, -0.2) is 0 Å². The topological polar surface area (TPSA) is 64.5 Å². The number of benzene rings is 5. The molecule has 0 amide bonds. The molecule has 7 rings (SSSR count). The maximum atomic E-state index is 5.98. The molecule has 2 aliphatic rings. The summed E-state index contributed by atoms with van der Waals surface area (Å²) in [5.74, 6) is 0.809. The second-order valence-corrected chi connectivity index (χ2v) is 12.2. The Morgan fingerprint density at radius 2 is 1.13 bits per heavy atom. The predicted molar refractivity (Wildman–Crippen MR) is 231 cm³/mol. The van der Waals surface area contributed by atoms with Crippen molar-refractivity contribution >= 4 is 22.4 Å². The molecule has 0 fully saturated rings. The first-order valence-electron chi connectivity index (χ1n) is 17.6. The fraction of sp³-hybridized carbons (Fsp3) is 0.102. The summed E-state index contributed by atoms with van der Waals surface area (Å²) < 4.78 is 5.98. The Kier molecular flexibility index (Phi) is 17.6. The summed E-state index contributed by atoms with van der Waals surface area (Å²) in [6.07, 6.45) is 15.2. The third-order valence-electron chi connectivity index (χ3n) is 7.85. The number of rotatable bonds is 2. The minimum atomic E-state index is -0.341. The van der Waals surface area contributed by atoms with Crippen molar-refractivity contribution in [3.05, 3.63) is 235 Å². The molecule has 2 heterocycles. The monoisotopic (exact) mass is 699 g/mol. The van der Waals surface area contributed by atoms with E-state index in [0.717, 1.165) is 50.4 Å². The molecule has 4 heteroatoms. The van der Waals surface area contributed by atoms with Crippen molar-refractivity contribution < 1.29 is 4.74 Å². The molecule has 0 saturated carbocycles. The highest BCUT2D eigenvalue weighted by Gasteiger charge is 2.17. The maximum absolute atomic E-state index is 5.98. The summed E-state index contributed by atoms with van der Waals surface area (Å²) in [4.78, 5) is 2.11. The Morgan fingerprint density at radius 3 is 1.66 bits per heavy atom. The van der Waals surface area contributed by atoms with E-state index in [1.165, 1.54) is 11.1 Å². The molecule has 0 spiro atoms. The van der Waals surface area contributed by atoms with Crippen molar-refractivity contribution in [2.45, 2.75) is 26.9 Å². The van der Waals surface area contributed by atoms with E-state index in [1.54, 1.807) is 12.3 Å². The minimum Gasteiger partial charge on any atom is -0.464 e. The second-order valence-electron chi connectivity index (χ2n) is 12.2. The van der Waals surface area contributed by atoms with Crippen LogP contribution in [0.1, 0.15) is 46.5 Å². The Bertz CT molecular complexity index is 1970. The highest BCUT2D eigenvalue weighted by Crippen LogP contribution is 2.38. The predicted octanol–water partition coefficient (Wildman–Crippen LogP) is 12.0. The van der Waals surface area contributed by atoms with Crippen LogP contribution in [-0.4, -0.2) is 7.05 Å². The first kappa shape index (κ1) is 41.2. The van der Waals surface area contributed by atoms with E-state index in [9.17, 15) is 0 Å². The standard InChI is InChI=1S/C25H21NO.C7H10N2.2C7H8.C3H6/c1-18-9-6-7-16-27-25-22(18)11-8-12-23(25)20-14-15-26(3)24-13-5-4-10-21(24)19(2)17-20;8-7(9)6-4-2-1-3-5-6;2*1-7-5-3-2-4-6-7;1-3-2/h4-17H,1-2H2,3H3;1-5,7H,8-9H2;2*2-6H,1H3;3H,1H2,2H3/b9-6-,15-14-,16-7-,20-17+;;;;. The zero-order valence-electron chi connectivity index (χ0n) is 31.5. The number of ether oxygens (including phenoxy) is 1. The molecule has 0 saturated heterocycles. The van der Waals surface area contributed by atoms with Gasteiger partial charge in [-0.05, 0) is 67.3 Å². The number of aryl methyl sites for hydroxylation is 2. The second kappa shape index (κ2) is 22.6. The van der Waals surface area contributed by atoms with Crippen molar-refractivity contribution in [3.8, 4) is 5.75 Å². The number of nitrogens with two attached hydrogens (primary N) is 2. The van der Waals surface area contributed by atoms with Gasteiger partial charge in [-0.2, -0.15) is 0 Å². The maximum Gasteiger partial charge on any atom is 0.142 e. The first-order chi connectivity index (χ1) is 25.7. The van der Waals surface area contributed by atoms with Gasteiger partial charge in [-0.1, -0.05) is 170 Å². The zero-order valence-corrected chi connectivity index (χ0v) is 31.5. The van der Waals surface area contributed by atoms with Crippen LogP contribution < -0.4 is 21.1 Å². The van der Waals surface area contributed by atoms with Crippen LogP contribution in [0.3, 0.4) is 0 Å². The van der Waals surface area contributed by atoms with Crippen molar-refractivity contribution in [2.24, 2.45) is 11.5 Å². The Hall–Kier alpha value is -6.20. The fourth-order valence-corrected chi connectivity index (χ4v) is 5.11. The quantitative estimate of drug-likeness (QED) is 0.142. The molecule has 2 aliphatic heterocycles. The van der Waals surface area contributed by atoms with Gasteiger partial charge in [0, 0.05) is 35.6 Å². The van der Waals surface area contributed by atoms with Crippen molar-refractivity contribution in [2.75, 3.05) is 11.9 Å². The Labute approximate surface area is 317 Å². The van der Waals surface area contributed by atoms with Crippen LogP contribution in [0.4, 0.5) is 5.69 Å². The van der Waals surface area contributed by atoms with E-state index >= 15 is 0 Å². The van der Waals surface area contributed by atoms with Crippen molar-refractivity contribution in [1.82, 2.24) is 0 Å². The molecule has 0 radical (unpaired) electrons. The van der Waals surface area contributed by atoms with Crippen molar-refractivity contribution in [1.29, 1.82) is 0 Å². The van der Waals surface area contributed by atoms with E-state index in [1.807, 2.05) is 123 Å². The van der Waals surface area contributed by atoms with Gasteiger partial charge in [0.25, 0.3) is 0 Å². The number of hydrogen-bond acceptors (Lipinski definition) is 4. The molecule has 5 aromatic carbocycles. The number of allylic oxidation sites excluding steroid dienone is 9. The first-order valence-corrected chi connectivity index (χ1v) is 17.6. The number of anilines is 1. The van der Waals surface area contributed by atoms with Gasteiger partial charge >= 0.3 is 0 Å². The molecule has 53 heavy (non-hydrogen) atoms. The summed E-state index contributed by atoms with van der Waals surface area (Å²) >= 11 is 0. The Morgan fingerprint density at radius 1 is 0.623 bits per heavy atom. The van der Waals surface area contributed by atoms with E-state index in [2.05, 4.69) is 99.3 Å². The zero-order chi connectivity index (χ0) is 38.4. The smallest absolute Gasteiger partial charge is 0.142 e. The minimum absolute atomic E-state index is 0.341. The van der Waals surface area contributed by atoms with Crippen LogP contribution in [0.5, 0.6) is 5.75 Å². The summed E-state index contributed by atoms with van der Waals surface area (Å²) in [7, 11) is 2.05. The van der Waals surface area contributed by atoms with Gasteiger partial charge in [0.1, 0.15) is 5.75 Å². The van der Waals surface area contributed by atoms with Gasteiger partial charge < -0.3 is 21.1 Å². The third-order valence-corrected chi connectivity index (χ3v) is 7.85. The number of hydrogen-bond donors (Lipinski definition) is 2. The lowest BCUT2D eigenvalue weighted by molar-refractivity contribution is 0.478. The van der Waals surface area contributed by atoms with Crippen LogP contribution in [0.25, 0.3) is 16.7 Å². The summed E-state index contributed by atoms with van der Waals surface area (Å²) in [5.41, 5.74) is 21.6. The third kappa shape index (κ3) is 13.8. The van der Waals surface area contributed by atoms with Gasteiger partial charge in [-0.3, -0.25) is 0 Å². The van der Waals surface area contributed by atoms with Gasteiger partial charge in [-0.15, -0.1) is 6.58 Å². The molecule has 0 aromatic heterocycles. The molecular weight excluding hydrogens is 647 g/mol. The fourth-order valence-electron chi connectivity index (χ4n) is 5.11. The molecule has 4 nitrogen and oxygen atoms in total. The highest BCUT2D eigenvalue weighted by molar-refractivity contribution is 5.94. The molecule has 270 valence electrons. The molecular formula is C49H53N3O. The SMILES string of the molecule is C=C1/C=C(c2cccc3c2O/C=C\C=C/C3=C)\C=C/N(C)c2ccccc21.C=CC.Cc1ccccc1.Cc1ccccc1.NC(N)c1ccccc1. The van der Waals surface area contributed by atoms with Gasteiger partial charge in [0.05, 0.1) is 12.4 Å². The lowest BCUT2D eigenvalue weighted by Gasteiger charge is -2.22. The lowest BCUT2D eigenvalue weighted by atomic mass is 9.93. The molecule has 0 unspecified atom stereocenters. The normalized spacial score (nSPS) is 15.1. The average molecular weight is 700 g/mol. The molecule has 0 aliphatic carbocycles. The molecule has 0 bridgehead atoms. The number of nitrogens with zero attached hydrogens (tertiary/aromatic N) is 1. The van der Waals surface area contributed by atoms with Crippen LogP contribution in [-0.2, 0) is 0 Å². The molecule has 5 aromatic rings. The van der Waals surface area contributed by atoms with E-state index in [4.69, 9.17) is 16.2 Å². The largest absolute Gasteiger partial charge is 0.464 e. The number of para-hydroxylation sites is 2. The highest BCUT2D eigenvalue weighted by atomic mass is 16.5. The lowest BCUT2D eigenvalue weighted by Crippen LogP contribution is -2.19. The van der Waals surface area contributed by atoms with E-state index < -0.39 is 0 Å². The number of fused-ring (bicyclic) bond motifs is 2. The molecule has 0 atom stereocenters. The van der Waals surface area contributed by atoms with Crippen LogP contribution in [0.2, 0.25) is 0 Å².